The van der Waals surface area contributed by atoms with Gasteiger partial charge in [-0.25, -0.2) is 4.98 Å². The molecule has 3 heteroatoms. The van der Waals surface area contributed by atoms with Crippen LogP contribution in [0.4, 0.5) is 0 Å². The molecule has 0 saturated heterocycles. The number of hydrogen-bond acceptors (Lipinski definition) is 2. The summed E-state index contributed by atoms with van der Waals surface area (Å²) in [5.74, 6) is 0.804. The second-order valence-corrected chi connectivity index (χ2v) is 5.27. The molecule has 1 aliphatic heterocycles. The third-order valence-corrected chi connectivity index (χ3v) is 4.05. The van der Waals surface area contributed by atoms with E-state index in [2.05, 4.69) is 12.1 Å². The number of para-hydroxylation sites is 1. The van der Waals surface area contributed by atoms with Crippen LogP contribution in [0.15, 0.2) is 47.3 Å². The molecule has 0 atom stereocenters. The van der Waals surface area contributed by atoms with Crippen LogP contribution in [-0.2, 0) is 13.0 Å². The molecule has 3 nitrogen and oxygen atoms in total. The Morgan fingerprint density at radius 2 is 1.95 bits per heavy atom. The minimum absolute atomic E-state index is 0.0724. The second kappa shape index (κ2) is 4.04. The van der Waals surface area contributed by atoms with Crippen LogP contribution in [-0.4, -0.2) is 9.55 Å². The topological polar surface area (TPSA) is 34.9 Å². The van der Waals surface area contributed by atoms with E-state index in [0.717, 1.165) is 28.9 Å². The van der Waals surface area contributed by atoms with Crippen molar-refractivity contribution in [2.45, 2.75) is 19.9 Å². The average Bonchev–Trinajstić information content (AvgIpc) is 2.48. The zero-order valence-corrected chi connectivity index (χ0v) is 11.3. The Morgan fingerprint density at radius 1 is 1.10 bits per heavy atom. The van der Waals surface area contributed by atoms with Crippen LogP contribution < -0.4 is 5.56 Å². The van der Waals surface area contributed by atoms with Crippen LogP contribution in [0, 0.1) is 6.92 Å². The van der Waals surface area contributed by atoms with Gasteiger partial charge in [-0.2, -0.15) is 0 Å². The van der Waals surface area contributed by atoms with Gasteiger partial charge in [0.25, 0.3) is 5.56 Å². The third kappa shape index (κ3) is 1.46. The number of hydrogen-bond donors (Lipinski definition) is 0. The summed E-state index contributed by atoms with van der Waals surface area (Å²) >= 11 is 0. The molecule has 20 heavy (non-hydrogen) atoms. The van der Waals surface area contributed by atoms with Crippen molar-refractivity contribution in [1.82, 2.24) is 9.55 Å². The van der Waals surface area contributed by atoms with Gasteiger partial charge in [-0.05, 0) is 30.5 Å². The fraction of sp³-hybridized carbons (Fsp3) is 0.176. The van der Waals surface area contributed by atoms with E-state index in [9.17, 15) is 4.79 Å². The number of aromatic nitrogens is 2. The highest BCUT2D eigenvalue weighted by atomic mass is 16.1. The molecule has 0 aliphatic carbocycles. The zero-order valence-electron chi connectivity index (χ0n) is 11.3. The van der Waals surface area contributed by atoms with Crippen LogP contribution in [0.25, 0.3) is 22.3 Å². The summed E-state index contributed by atoms with van der Waals surface area (Å²) in [5.41, 5.74) is 4.29. The third-order valence-electron chi connectivity index (χ3n) is 4.05. The molecular formula is C17H14N2O. The molecule has 4 rings (SSSR count). The molecular weight excluding hydrogens is 248 g/mol. The Morgan fingerprint density at radius 3 is 2.85 bits per heavy atom. The molecule has 3 aromatic rings. The van der Waals surface area contributed by atoms with Crippen LogP contribution in [0.5, 0.6) is 0 Å². The van der Waals surface area contributed by atoms with Crippen LogP contribution in [0.2, 0.25) is 0 Å². The Bertz CT molecular complexity index is 893. The number of fused-ring (bicyclic) bond motifs is 4. The Kier molecular flexibility index (Phi) is 2.30. The quantitative estimate of drug-likeness (QED) is 0.624. The van der Waals surface area contributed by atoms with Crippen molar-refractivity contribution >= 4 is 10.9 Å². The predicted molar refractivity (Wildman–Crippen MR) is 79.9 cm³/mol. The Labute approximate surface area is 116 Å². The lowest BCUT2D eigenvalue weighted by molar-refractivity contribution is 0.652. The van der Waals surface area contributed by atoms with Crippen LogP contribution in [0.1, 0.15) is 11.1 Å². The van der Waals surface area contributed by atoms with Gasteiger partial charge in [-0.1, -0.05) is 36.4 Å². The first-order chi connectivity index (χ1) is 9.75. The largest absolute Gasteiger partial charge is 0.292 e. The predicted octanol–water partition coefficient (Wildman–Crippen LogP) is 2.93. The fourth-order valence-corrected chi connectivity index (χ4v) is 2.99. The minimum atomic E-state index is 0.0724. The maximum absolute atomic E-state index is 12.7. The summed E-state index contributed by atoms with van der Waals surface area (Å²) in [4.78, 5) is 17.4. The summed E-state index contributed by atoms with van der Waals surface area (Å²) in [5, 5.41) is 0.716. The molecule has 2 aromatic carbocycles. The number of rotatable bonds is 0. The summed E-state index contributed by atoms with van der Waals surface area (Å²) in [6.45, 7) is 2.71. The molecule has 98 valence electrons. The first kappa shape index (κ1) is 11.4. The lowest BCUT2D eigenvalue weighted by atomic mass is 10.00. The highest BCUT2D eigenvalue weighted by molar-refractivity contribution is 5.83. The maximum atomic E-state index is 12.7. The highest BCUT2D eigenvalue weighted by Crippen LogP contribution is 2.28. The number of aryl methyl sites for hydroxylation is 2. The lowest BCUT2D eigenvalue weighted by Gasteiger charge is -2.21. The molecule has 1 aromatic heterocycles. The van der Waals surface area contributed by atoms with Gasteiger partial charge >= 0.3 is 0 Å². The van der Waals surface area contributed by atoms with Gasteiger partial charge in [0.15, 0.2) is 0 Å². The normalized spacial score (nSPS) is 13.1. The Hall–Kier alpha value is -2.42. The minimum Gasteiger partial charge on any atom is -0.292 e. The van der Waals surface area contributed by atoms with Crippen molar-refractivity contribution in [2.75, 3.05) is 0 Å². The highest BCUT2D eigenvalue weighted by Gasteiger charge is 2.19. The second-order valence-electron chi connectivity index (χ2n) is 5.27. The number of nitrogens with zero attached hydrogens (tertiary/aromatic N) is 2. The molecule has 0 saturated carbocycles. The van der Waals surface area contributed by atoms with E-state index in [1.54, 1.807) is 0 Å². The van der Waals surface area contributed by atoms with Crippen molar-refractivity contribution in [3.63, 3.8) is 0 Å². The van der Waals surface area contributed by atoms with E-state index in [0.29, 0.717) is 11.9 Å². The zero-order chi connectivity index (χ0) is 13.7. The van der Waals surface area contributed by atoms with Crippen molar-refractivity contribution in [1.29, 1.82) is 0 Å². The first-order valence-corrected chi connectivity index (χ1v) is 6.84. The Balaban J connectivity index is 2.16. The monoisotopic (exact) mass is 262 g/mol. The van der Waals surface area contributed by atoms with Gasteiger partial charge in [0.2, 0.25) is 0 Å². The summed E-state index contributed by atoms with van der Waals surface area (Å²) < 4.78 is 1.81. The van der Waals surface area contributed by atoms with E-state index in [-0.39, 0.29) is 5.56 Å². The molecule has 0 bridgehead atoms. The summed E-state index contributed by atoms with van der Waals surface area (Å²) in [7, 11) is 0. The molecule has 2 heterocycles. The molecule has 0 radical (unpaired) electrons. The van der Waals surface area contributed by atoms with E-state index >= 15 is 0 Å². The van der Waals surface area contributed by atoms with Crippen molar-refractivity contribution in [2.24, 2.45) is 0 Å². The van der Waals surface area contributed by atoms with Crippen molar-refractivity contribution < 1.29 is 0 Å². The van der Waals surface area contributed by atoms with Gasteiger partial charge in [-0.3, -0.25) is 9.36 Å². The van der Waals surface area contributed by atoms with Gasteiger partial charge in [-0.15, -0.1) is 0 Å². The lowest BCUT2D eigenvalue weighted by Crippen LogP contribution is -2.27. The van der Waals surface area contributed by atoms with E-state index in [1.807, 2.05) is 41.8 Å². The molecule has 1 aliphatic rings. The number of benzene rings is 2. The SMILES string of the molecule is Cc1cccc2c(=O)n3c(nc12)-c1ccccc1CC3. The molecule has 0 amide bonds. The van der Waals surface area contributed by atoms with E-state index in [4.69, 9.17) is 4.98 Å². The van der Waals surface area contributed by atoms with Crippen molar-refractivity contribution in [3.8, 4) is 11.4 Å². The summed E-state index contributed by atoms with van der Waals surface area (Å²) in [6, 6.07) is 14.0. The molecule has 0 N–H and O–H groups in total. The first-order valence-electron chi connectivity index (χ1n) is 6.84. The maximum Gasteiger partial charge on any atom is 0.261 e. The summed E-state index contributed by atoms with van der Waals surface area (Å²) in [6.07, 6.45) is 0.891. The fourth-order valence-electron chi connectivity index (χ4n) is 2.99. The van der Waals surface area contributed by atoms with Crippen molar-refractivity contribution in [3.05, 3.63) is 63.9 Å². The van der Waals surface area contributed by atoms with Gasteiger partial charge < -0.3 is 0 Å². The van der Waals surface area contributed by atoms with Gasteiger partial charge in [0.05, 0.1) is 10.9 Å². The molecule has 0 fully saturated rings. The van der Waals surface area contributed by atoms with Crippen LogP contribution in [0.3, 0.4) is 0 Å². The molecule has 0 spiro atoms. The smallest absolute Gasteiger partial charge is 0.261 e. The standard InChI is InChI=1S/C17H14N2O/c1-11-5-4-8-14-15(11)18-16-13-7-3-2-6-12(13)9-10-19(16)17(14)20/h2-8H,9-10H2,1H3. The van der Waals surface area contributed by atoms with Gasteiger partial charge in [0, 0.05) is 12.1 Å². The van der Waals surface area contributed by atoms with E-state index in [1.165, 1.54) is 5.56 Å². The average molecular weight is 262 g/mol. The molecule has 0 unspecified atom stereocenters. The van der Waals surface area contributed by atoms with E-state index < -0.39 is 0 Å². The van der Waals surface area contributed by atoms with Crippen LogP contribution >= 0.6 is 0 Å². The van der Waals surface area contributed by atoms with Gasteiger partial charge in [0.1, 0.15) is 5.82 Å².